The SMILES string of the molecule is CC[C@@]1(c2ccc(C)cc2)CC(=O)N(C[C@@H](C#N)CCC#N)C1=O. The summed E-state index contributed by atoms with van der Waals surface area (Å²) in [4.78, 5) is 26.7. The Morgan fingerprint density at radius 2 is 1.92 bits per heavy atom. The first-order valence-electron chi connectivity index (χ1n) is 8.17. The second-order valence-corrected chi connectivity index (χ2v) is 6.31. The fourth-order valence-electron chi connectivity index (χ4n) is 3.22. The van der Waals surface area contributed by atoms with Crippen LogP contribution in [0.25, 0.3) is 0 Å². The number of likely N-dealkylation sites (tertiary alicyclic amines) is 1. The molecule has 0 spiro atoms. The summed E-state index contributed by atoms with van der Waals surface area (Å²) in [6.45, 7) is 3.96. The number of amides is 2. The van der Waals surface area contributed by atoms with Gasteiger partial charge in [-0.15, -0.1) is 0 Å². The summed E-state index contributed by atoms with van der Waals surface area (Å²) in [6.07, 6.45) is 1.29. The van der Waals surface area contributed by atoms with Crippen molar-refractivity contribution in [1.82, 2.24) is 4.90 Å². The lowest BCUT2D eigenvalue weighted by Crippen LogP contribution is -2.40. The van der Waals surface area contributed by atoms with E-state index in [0.717, 1.165) is 11.1 Å². The van der Waals surface area contributed by atoms with Crippen molar-refractivity contribution >= 4 is 11.8 Å². The zero-order valence-corrected chi connectivity index (χ0v) is 14.1. The first-order valence-corrected chi connectivity index (χ1v) is 8.17. The summed E-state index contributed by atoms with van der Waals surface area (Å²) in [5.74, 6) is -0.959. The predicted octanol–water partition coefficient (Wildman–Crippen LogP) is 2.85. The highest BCUT2D eigenvalue weighted by Crippen LogP contribution is 2.40. The van der Waals surface area contributed by atoms with Gasteiger partial charge >= 0.3 is 0 Å². The molecule has 1 saturated heterocycles. The van der Waals surface area contributed by atoms with Crippen LogP contribution in [0, 0.1) is 35.5 Å². The number of carbonyl (C=O) groups is 2. The number of aryl methyl sites for hydroxylation is 1. The van der Waals surface area contributed by atoms with Crippen LogP contribution in [0.15, 0.2) is 24.3 Å². The molecule has 0 radical (unpaired) electrons. The molecule has 5 heteroatoms. The molecule has 1 fully saturated rings. The molecule has 0 bridgehead atoms. The number of carbonyl (C=O) groups excluding carboxylic acids is 2. The lowest BCUT2D eigenvalue weighted by molar-refractivity contribution is -0.140. The molecule has 1 aliphatic rings. The van der Waals surface area contributed by atoms with Crippen LogP contribution in [-0.4, -0.2) is 23.3 Å². The van der Waals surface area contributed by atoms with E-state index in [2.05, 4.69) is 6.07 Å². The van der Waals surface area contributed by atoms with E-state index in [1.807, 2.05) is 44.2 Å². The molecule has 24 heavy (non-hydrogen) atoms. The first kappa shape index (κ1) is 17.7. The van der Waals surface area contributed by atoms with Gasteiger partial charge in [0.25, 0.3) is 0 Å². The second-order valence-electron chi connectivity index (χ2n) is 6.31. The van der Waals surface area contributed by atoms with Gasteiger partial charge in [-0.05, 0) is 25.3 Å². The van der Waals surface area contributed by atoms with E-state index in [4.69, 9.17) is 5.26 Å². The zero-order chi connectivity index (χ0) is 17.7. The summed E-state index contributed by atoms with van der Waals surface area (Å²) in [5.41, 5.74) is 1.11. The molecule has 5 nitrogen and oxygen atoms in total. The first-order chi connectivity index (χ1) is 11.5. The van der Waals surface area contributed by atoms with Crippen LogP contribution in [0.1, 0.15) is 43.7 Å². The lowest BCUT2D eigenvalue weighted by atomic mass is 9.76. The van der Waals surface area contributed by atoms with Crippen LogP contribution in [0.4, 0.5) is 0 Å². The Morgan fingerprint density at radius 1 is 1.25 bits per heavy atom. The number of hydrogen-bond acceptors (Lipinski definition) is 4. The fourth-order valence-corrected chi connectivity index (χ4v) is 3.22. The van der Waals surface area contributed by atoms with Crippen molar-refractivity contribution in [2.75, 3.05) is 6.54 Å². The standard InChI is InChI=1S/C19H21N3O2/c1-3-19(16-8-6-14(2)7-9-16)11-17(23)22(18(19)24)13-15(12-21)5-4-10-20/h6-9,15H,3-5,11,13H2,1-2H3/t15-,19+/m1/s1. The number of nitriles is 2. The number of rotatable bonds is 6. The maximum Gasteiger partial charge on any atom is 0.240 e. The minimum Gasteiger partial charge on any atom is -0.280 e. The third-order valence-corrected chi connectivity index (χ3v) is 4.81. The highest BCUT2D eigenvalue weighted by atomic mass is 16.2. The predicted molar refractivity (Wildman–Crippen MR) is 88.4 cm³/mol. The summed E-state index contributed by atoms with van der Waals surface area (Å²) in [7, 11) is 0. The monoisotopic (exact) mass is 323 g/mol. The van der Waals surface area contributed by atoms with Crippen LogP contribution < -0.4 is 0 Å². The van der Waals surface area contributed by atoms with Crippen molar-refractivity contribution < 1.29 is 9.59 Å². The van der Waals surface area contributed by atoms with Gasteiger partial charge in [0.2, 0.25) is 11.8 Å². The molecule has 1 heterocycles. The Balaban J connectivity index is 2.27. The van der Waals surface area contributed by atoms with E-state index >= 15 is 0 Å². The Bertz CT molecular complexity index is 712. The van der Waals surface area contributed by atoms with Crippen molar-refractivity contribution in [2.24, 2.45) is 5.92 Å². The van der Waals surface area contributed by atoms with Gasteiger partial charge in [-0.25, -0.2) is 0 Å². The Hall–Kier alpha value is -2.66. The summed E-state index contributed by atoms with van der Waals surface area (Å²) >= 11 is 0. The number of benzene rings is 1. The van der Waals surface area contributed by atoms with Crippen molar-refractivity contribution in [2.45, 2.75) is 44.9 Å². The van der Waals surface area contributed by atoms with Crippen molar-refractivity contribution in [3.05, 3.63) is 35.4 Å². The van der Waals surface area contributed by atoms with E-state index in [0.29, 0.717) is 12.8 Å². The fraction of sp³-hybridized carbons (Fsp3) is 0.474. The molecule has 0 aliphatic carbocycles. The molecule has 0 unspecified atom stereocenters. The molecular weight excluding hydrogens is 302 g/mol. The molecule has 2 atom stereocenters. The van der Waals surface area contributed by atoms with E-state index in [9.17, 15) is 14.9 Å². The summed E-state index contributed by atoms with van der Waals surface area (Å²) < 4.78 is 0. The topological polar surface area (TPSA) is 85.0 Å². The van der Waals surface area contributed by atoms with Gasteiger partial charge in [0.15, 0.2) is 0 Å². The average molecular weight is 323 g/mol. The molecule has 0 saturated carbocycles. The van der Waals surface area contributed by atoms with E-state index in [1.54, 1.807) is 0 Å². The number of imide groups is 1. The van der Waals surface area contributed by atoms with Gasteiger partial charge in [-0.3, -0.25) is 14.5 Å². The molecule has 2 rings (SSSR count). The largest absolute Gasteiger partial charge is 0.280 e. The molecule has 0 N–H and O–H groups in total. The molecule has 124 valence electrons. The molecule has 0 aromatic heterocycles. The van der Waals surface area contributed by atoms with E-state index < -0.39 is 11.3 Å². The molecule has 1 aliphatic heterocycles. The van der Waals surface area contributed by atoms with Gasteiger partial charge in [0.1, 0.15) is 0 Å². The minimum atomic E-state index is -0.833. The second kappa shape index (κ2) is 7.27. The Morgan fingerprint density at radius 3 is 2.46 bits per heavy atom. The Labute approximate surface area is 142 Å². The smallest absolute Gasteiger partial charge is 0.240 e. The van der Waals surface area contributed by atoms with Crippen molar-refractivity contribution in [1.29, 1.82) is 10.5 Å². The highest BCUT2D eigenvalue weighted by Gasteiger charge is 2.51. The van der Waals surface area contributed by atoms with E-state index in [1.165, 1.54) is 4.90 Å². The molecule has 1 aromatic rings. The highest BCUT2D eigenvalue weighted by molar-refractivity contribution is 6.09. The molecular formula is C19H21N3O2. The maximum absolute atomic E-state index is 13.0. The van der Waals surface area contributed by atoms with Crippen molar-refractivity contribution in [3.63, 3.8) is 0 Å². The number of hydrogen-bond donors (Lipinski definition) is 0. The van der Waals surface area contributed by atoms with Gasteiger partial charge in [-0.1, -0.05) is 36.8 Å². The average Bonchev–Trinajstić information content (AvgIpc) is 2.83. The Kier molecular flexibility index (Phi) is 5.36. The quantitative estimate of drug-likeness (QED) is 0.753. The van der Waals surface area contributed by atoms with Crippen molar-refractivity contribution in [3.8, 4) is 12.1 Å². The van der Waals surface area contributed by atoms with Crippen LogP contribution in [-0.2, 0) is 15.0 Å². The van der Waals surface area contributed by atoms with Gasteiger partial charge in [-0.2, -0.15) is 10.5 Å². The van der Waals surface area contributed by atoms with Gasteiger partial charge < -0.3 is 0 Å². The lowest BCUT2D eigenvalue weighted by Gasteiger charge is -2.26. The van der Waals surface area contributed by atoms with Gasteiger partial charge in [0, 0.05) is 19.4 Å². The third-order valence-electron chi connectivity index (χ3n) is 4.81. The maximum atomic E-state index is 13.0. The molecule has 1 aromatic carbocycles. The number of nitrogens with zero attached hydrogens (tertiary/aromatic N) is 3. The van der Waals surface area contributed by atoms with Gasteiger partial charge in [0.05, 0.1) is 23.5 Å². The minimum absolute atomic E-state index is 0.0729. The van der Waals surface area contributed by atoms with Crippen LogP contribution in [0.2, 0.25) is 0 Å². The normalized spacial score (nSPS) is 21.4. The van der Waals surface area contributed by atoms with Crippen LogP contribution in [0.5, 0.6) is 0 Å². The summed E-state index contributed by atoms with van der Waals surface area (Å²) in [5, 5.41) is 17.9. The zero-order valence-electron chi connectivity index (χ0n) is 14.1. The van der Waals surface area contributed by atoms with E-state index in [-0.39, 0.29) is 31.2 Å². The third kappa shape index (κ3) is 3.16. The molecule has 2 amide bonds. The summed E-state index contributed by atoms with van der Waals surface area (Å²) in [6, 6.07) is 11.8. The van der Waals surface area contributed by atoms with Crippen LogP contribution in [0.3, 0.4) is 0 Å². The van der Waals surface area contributed by atoms with Crippen LogP contribution >= 0.6 is 0 Å².